The van der Waals surface area contributed by atoms with E-state index < -0.39 is 4.92 Å². The number of non-ortho nitro benzene ring substituents is 1. The molecule has 1 amide bonds. The highest BCUT2D eigenvalue weighted by Crippen LogP contribution is 2.25. The molecule has 31 heavy (non-hydrogen) atoms. The van der Waals surface area contributed by atoms with Crippen LogP contribution in [0.1, 0.15) is 21.7 Å². The molecule has 3 aromatic rings. The minimum Gasteiger partial charge on any atom is -0.353 e. The molecule has 11 heteroatoms. The van der Waals surface area contributed by atoms with Gasteiger partial charge in [0.2, 0.25) is 0 Å². The highest BCUT2D eigenvalue weighted by Gasteiger charge is 2.25. The fraction of sp³-hybridized carbons (Fsp3) is 0.300. The second kappa shape index (κ2) is 8.31. The van der Waals surface area contributed by atoms with Gasteiger partial charge >= 0.3 is 0 Å². The summed E-state index contributed by atoms with van der Waals surface area (Å²) in [6.07, 6.45) is 3.26. The lowest BCUT2D eigenvalue weighted by Gasteiger charge is -2.35. The number of nitro groups is 1. The van der Waals surface area contributed by atoms with Gasteiger partial charge in [0.05, 0.1) is 21.2 Å². The third-order valence-corrected chi connectivity index (χ3v) is 5.73. The highest BCUT2D eigenvalue weighted by molar-refractivity contribution is 6.34. The molecule has 0 spiro atoms. The maximum atomic E-state index is 12.8. The predicted octanol–water partition coefficient (Wildman–Crippen LogP) is 2.80. The Morgan fingerprint density at radius 1 is 1.06 bits per heavy atom. The normalized spacial score (nSPS) is 14.0. The summed E-state index contributed by atoms with van der Waals surface area (Å²) in [5.74, 6) is 1.27. The molecule has 2 aromatic heterocycles. The van der Waals surface area contributed by atoms with Crippen LogP contribution in [0, 0.1) is 24.0 Å². The Hall–Kier alpha value is -3.53. The SMILES string of the molecule is Cc1ncn(-c2cc(N3CCN(C(=O)c4ccc([N+](=O)[O-])cc4Cl)CC3)ncn2)c1C. The second-order valence-electron chi connectivity index (χ2n) is 7.22. The molecule has 0 radical (unpaired) electrons. The van der Waals surface area contributed by atoms with Gasteiger partial charge in [-0.05, 0) is 19.9 Å². The number of hydrogen-bond acceptors (Lipinski definition) is 7. The zero-order valence-corrected chi connectivity index (χ0v) is 17.8. The van der Waals surface area contributed by atoms with E-state index in [1.54, 1.807) is 11.2 Å². The predicted molar refractivity (Wildman–Crippen MR) is 115 cm³/mol. The largest absolute Gasteiger partial charge is 0.353 e. The standard InChI is InChI=1S/C20H20ClN7O3/c1-13-14(2)27(12-24-13)19-10-18(22-11-23-19)25-5-7-26(8-6-25)20(29)16-4-3-15(28(30)31)9-17(16)21/h3-4,9-12H,5-8H2,1-2H3. The van der Waals surface area contributed by atoms with Crippen molar-refractivity contribution < 1.29 is 9.72 Å². The van der Waals surface area contributed by atoms with Crippen molar-refractivity contribution in [1.82, 2.24) is 24.4 Å². The van der Waals surface area contributed by atoms with Gasteiger partial charge in [0.25, 0.3) is 11.6 Å². The number of aromatic nitrogens is 4. The number of halogens is 1. The van der Waals surface area contributed by atoms with Crippen LogP contribution in [-0.4, -0.2) is 61.4 Å². The summed E-state index contributed by atoms with van der Waals surface area (Å²) in [7, 11) is 0. The molecule has 0 atom stereocenters. The van der Waals surface area contributed by atoms with Crippen molar-refractivity contribution in [3.8, 4) is 5.82 Å². The lowest BCUT2D eigenvalue weighted by Crippen LogP contribution is -2.49. The molecule has 4 rings (SSSR count). The number of piperazine rings is 1. The third-order valence-electron chi connectivity index (χ3n) is 5.42. The third kappa shape index (κ3) is 4.06. The van der Waals surface area contributed by atoms with Gasteiger partial charge in [0.15, 0.2) is 0 Å². The quantitative estimate of drug-likeness (QED) is 0.452. The zero-order valence-electron chi connectivity index (χ0n) is 17.0. The van der Waals surface area contributed by atoms with Crippen molar-refractivity contribution in [1.29, 1.82) is 0 Å². The first-order chi connectivity index (χ1) is 14.8. The molecule has 1 fully saturated rings. The molecule has 0 N–H and O–H groups in total. The van der Waals surface area contributed by atoms with E-state index in [2.05, 4.69) is 19.9 Å². The number of anilines is 1. The van der Waals surface area contributed by atoms with Crippen molar-refractivity contribution >= 4 is 29.0 Å². The summed E-state index contributed by atoms with van der Waals surface area (Å²) in [6.45, 7) is 6.08. The Labute approximate surface area is 183 Å². The fourth-order valence-electron chi connectivity index (χ4n) is 3.47. The van der Waals surface area contributed by atoms with Crippen LogP contribution in [0.25, 0.3) is 5.82 Å². The molecule has 160 valence electrons. The minimum atomic E-state index is -0.540. The zero-order chi connectivity index (χ0) is 22.1. The van der Waals surface area contributed by atoms with Gasteiger partial charge in [-0.15, -0.1) is 0 Å². The van der Waals surface area contributed by atoms with Gasteiger partial charge in [-0.3, -0.25) is 19.5 Å². The first-order valence-electron chi connectivity index (χ1n) is 9.66. The van der Waals surface area contributed by atoms with E-state index in [0.717, 1.165) is 23.0 Å². The number of hydrogen-bond donors (Lipinski definition) is 0. The minimum absolute atomic E-state index is 0.0769. The number of benzene rings is 1. The molecular formula is C20H20ClN7O3. The molecule has 1 aromatic carbocycles. The van der Waals surface area contributed by atoms with E-state index in [0.29, 0.717) is 26.2 Å². The molecule has 0 saturated carbocycles. The highest BCUT2D eigenvalue weighted by atomic mass is 35.5. The van der Waals surface area contributed by atoms with E-state index in [1.165, 1.54) is 24.5 Å². The van der Waals surface area contributed by atoms with Crippen LogP contribution < -0.4 is 4.90 Å². The molecule has 3 heterocycles. The van der Waals surface area contributed by atoms with Gasteiger partial charge in [0.1, 0.15) is 24.3 Å². The number of nitrogens with zero attached hydrogens (tertiary/aromatic N) is 7. The summed E-state index contributed by atoms with van der Waals surface area (Å²) in [5.41, 5.74) is 2.07. The summed E-state index contributed by atoms with van der Waals surface area (Å²) in [4.78, 5) is 40.0. The molecular weight excluding hydrogens is 422 g/mol. The van der Waals surface area contributed by atoms with E-state index in [1.807, 2.05) is 24.5 Å². The van der Waals surface area contributed by atoms with Crippen molar-refractivity contribution in [3.05, 3.63) is 69.0 Å². The molecule has 0 aliphatic carbocycles. The Kier molecular flexibility index (Phi) is 5.55. The number of aryl methyl sites for hydroxylation is 1. The lowest BCUT2D eigenvalue weighted by atomic mass is 10.1. The molecule has 1 aliphatic rings. The van der Waals surface area contributed by atoms with Crippen molar-refractivity contribution in [2.75, 3.05) is 31.1 Å². The smallest absolute Gasteiger partial charge is 0.270 e. The van der Waals surface area contributed by atoms with Gasteiger partial charge < -0.3 is 9.80 Å². The summed E-state index contributed by atoms with van der Waals surface area (Å²) in [6, 6.07) is 5.80. The molecule has 1 aliphatic heterocycles. The van der Waals surface area contributed by atoms with Crippen molar-refractivity contribution in [2.45, 2.75) is 13.8 Å². The van der Waals surface area contributed by atoms with Crippen LogP contribution in [0.3, 0.4) is 0 Å². The summed E-state index contributed by atoms with van der Waals surface area (Å²) < 4.78 is 1.91. The van der Waals surface area contributed by atoms with Gasteiger partial charge in [-0.2, -0.15) is 0 Å². The maximum absolute atomic E-state index is 12.8. The summed E-state index contributed by atoms with van der Waals surface area (Å²) in [5, 5.41) is 10.9. The maximum Gasteiger partial charge on any atom is 0.270 e. The van der Waals surface area contributed by atoms with Gasteiger partial charge in [-0.25, -0.2) is 15.0 Å². The molecule has 0 bridgehead atoms. The number of rotatable bonds is 4. The molecule has 1 saturated heterocycles. The average molecular weight is 442 g/mol. The van der Waals surface area contributed by atoms with Crippen LogP contribution in [-0.2, 0) is 0 Å². The Morgan fingerprint density at radius 2 is 1.77 bits per heavy atom. The number of imidazole rings is 1. The molecule has 0 unspecified atom stereocenters. The number of nitro benzene ring substituents is 1. The first kappa shape index (κ1) is 20.7. The fourth-order valence-corrected chi connectivity index (χ4v) is 3.73. The van der Waals surface area contributed by atoms with Gasteiger partial charge in [-0.1, -0.05) is 11.6 Å². The van der Waals surface area contributed by atoms with Crippen LogP contribution >= 0.6 is 11.6 Å². The Balaban J connectivity index is 1.46. The number of carbonyl (C=O) groups is 1. The van der Waals surface area contributed by atoms with E-state index in [4.69, 9.17) is 11.6 Å². The number of carbonyl (C=O) groups excluding carboxylic acids is 1. The van der Waals surface area contributed by atoms with E-state index >= 15 is 0 Å². The van der Waals surface area contributed by atoms with Crippen molar-refractivity contribution in [2.24, 2.45) is 0 Å². The van der Waals surface area contributed by atoms with E-state index in [9.17, 15) is 14.9 Å². The lowest BCUT2D eigenvalue weighted by molar-refractivity contribution is -0.384. The topological polar surface area (TPSA) is 110 Å². The second-order valence-corrected chi connectivity index (χ2v) is 7.63. The van der Waals surface area contributed by atoms with Crippen LogP contribution in [0.15, 0.2) is 36.9 Å². The van der Waals surface area contributed by atoms with Crippen LogP contribution in [0.4, 0.5) is 11.5 Å². The van der Waals surface area contributed by atoms with Crippen LogP contribution in [0.2, 0.25) is 5.02 Å². The Morgan fingerprint density at radius 3 is 2.39 bits per heavy atom. The summed E-state index contributed by atoms with van der Waals surface area (Å²) >= 11 is 6.12. The average Bonchev–Trinajstić information content (AvgIpc) is 3.11. The van der Waals surface area contributed by atoms with E-state index in [-0.39, 0.29) is 22.2 Å². The molecule has 10 nitrogen and oxygen atoms in total. The van der Waals surface area contributed by atoms with Gasteiger partial charge in [0, 0.05) is 50.1 Å². The number of amides is 1. The monoisotopic (exact) mass is 441 g/mol. The first-order valence-corrected chi connectivity index (χ1v) is 10.0. The Bertz CT molecular complexity index is 1160. The van der Waals surface area contributed by atoms with Crippen molar-refractivity contribution in [3.63, 3.8) is 0 Å². The van der Waals surface area contributed by atoms with Crippen LogP contribution in [0.5, 0.6) is 0 Å².